The Labute approximate surface area is 186 Å². The monoisotopic (exact) mass is 435 g/mol. The summed E-state index contributed by atoms with van der Waals surface area (Å²) in [5.74, 6) is 1.84. The van der Waals surface area contributed by atoms with E-state index in [0.717, 1.165) is 30.2 Å². The largest absolute Gasteiger partial charge is 0.494 e. The average Bonchev–Trinajstić information content (AvgIpc) is 2.85. The molecule has 2 aromatic carbocycles. The first-order valence-electron chi connectivity index (χ1n) is 10.2. The number of anilines is 3. The molecule has 166 valence electrons. The second-order valence-electron chi connectivity index (χ2n) is 7.07. The van der Waals surface area contributed by atoms with Crippen LogP contribution in [0.2, 0.25) is 0 Å². The van der Waals surface area contributed by atoms with E-state index >= 15 is 0 Å². The van der Waals surface area contributed by atoms with Gasteiger partial charge in [0.25, 0.3) is 0 Å². The van der Waals surface area contributed by atoms with E-state index in [1.54, 1.807) is 24.3 Å². The number of aromatic nitrogens is 2. The van der Waals surface area contributed by atoms with Crippen LogP contribution in [0.5, 0.6) is 11.5 Å². The third-order valence-corrected chi connectivity index (χ3v) is 5.07. The number of carbonyl (C=O) groups is 1. The highest BCUT2D eigenvalue weighted by Gasteiger charge is 2.15. The summed E-state index contributed by atoms with van der Waals surface area (Å²) in [5.41, 5.74) is 2.64. The maximum Gasteiger partial charge on any atom is 0.323 e. The Bertz CT molecular complexity index is 1050. The van der Waals surface area contributed by atoms with Crippen LogP contribution in [-0.4, -0.2) is 56.8 Å². The van der Waals surface area contributed by atoms with Crippen molar-refractivity contribution in [1.82, 2.24) is 10.2 Å². The van der Waals surface area contributed by atoms with Crippen LogP contribution in [0, 0.1) is 0 Å². The first-order chi connectivity index (χ1) is 15.7. The van der Waals surface area contributed by atoms with Crippen LogP contribution in [0.15, 0.2) is 54.6 Å². The van der Waals surface area contributed by atoms with Crippen molar-refractivity contribution >= 4 is 23.2 Å². The van der Waals surface area contributed by atoms with Crippen molar-refractivity contribution in [2.24, 2.45) is 0 Å². The highest BCUT2D eigenvalue weighted by molar-refractivity contribution is 6.02. The lowest BCUT2D eigenvalue weighted by atomic mass is 10.1. The molecule has 1 aliphatic rings. The quantitative estimate of drug-likeness (QED) is 0.610. The molecular formula is C23H25N5O4. The smallest absolute Gasteiger partial charge is 0.323 e. The van der Waals surface area contributed by atoms with Crippen molar-refractivity contribution in [3.05, 3.63) is 54.6 Å². The summed E-state index contributed by atoms with van der Waals surface area (Å²) in [6.07, 6.45) is 0. The number of hydrogen-bond acceptors (Lipinski definition) is 7. The summed E-state index contributed by atoms with van der Waals surface area (Å²) in [5, 5.41) is 14.3. The molecule has 0 bridgehead atoms. The zero-order chi connectivity index (χ0) is 22.3. The first kappa shape index (κ1) is 21.4. The minimum Gasteiger partial charge on any atom is -0.494 e. The second kappa shape index (κ2) is 9.97. The molecule has 1 aliphatic heterocycles. The minimum atomic E-state index is -0.418. The van der Waals surface area contributed by atoms with Gasteiger partial charge in [-0.05, 0) is 36.4 Å². The fraction of sp³-hybridized carbons (Fsp3) is 0.261. The lowest BCUT2D eigenvalue weighted by Gasteiger charge is -2.27. The number of rotatable bonds is 6. The molecule has 2 amide bonds. The van der Waals surface area contributed by atoms with Crippen LogP contribution < -0.4 is 25.0 Å². The van der Waals surface area contributed by atoms with Gasteiger partial charge in [-0.1, -0.05) is 18.2 Å². The lowest BCUT2D eigenvalue weighted by molar-refractivity contribution is 0.122. The molecular weight excluding hydrogens is 410 g/mol. The topological polar surface area (TPSA) is 97.8 Å². The highest BCUT2D eigenvalue weighted by atomic mass is 16.5. The van der Waals surface area contributed by atoms with Crippen molar-refractivity contribution in [3.8, 4) is 22.8 Å². The first-order valence-corrected chi connectivity index (χ1v) is 10.2. The standard InChI is InChI=1S/C23H25N5O4/c1-30-19-7-4-8-20(31-2)22(19)25-23(29)24-17-6-3-5-16(15-17)18-9-10-21(27-26-18)28-11-13-32-14-12-28/h3-10,15H,11-14H2,1-2H3,(H2,24,25,29). The number of nitrogens with one attached hydrogen (secondary N) is 2. The predicted molar refractivity (Wildman–Crippen MR) is 123 cm³/mol. The average molecular weight is 435 g/mol. The number of ether oxygens (including phenoxy) is 3. The van der Waals surface area contributed by atoms with Gasteiger partial charge in [-0.15, -0.1) is 10.2 Å². The molecule has 9 nitrogen and oxygen atoms in total. The number of para-hydroxylation sites is 1. The fourth-order valence-electron chi connectivity index (χ4n) is 3.45. The van der Waals surface area contributed by atoms with E-state index in [-0.39, 0.29) is 0 Å². The van der Waals surface area contributed by atoms with Crippen LogP contribution in [0.4, 0.5) is 22.0 Å². The molecule has 1 aromatic heterocycles. The van der Waals surface area contributed by atoms with E-state index in [1.165, 1.54) is 14.2 Å². The number of nitrogens with zero attached hydrogens (tertiary/aromatic N) is 3. The van der Waals surface area contributed by atoms with Crippen molar-refractivity contribution in [2.45, 2.75) is 0 Å². The molecule has 3 aromatic rings. The van der Waals surface area contributed by atoms with Gasteiger partial charge in [-0.3, -0.25) is 0 Å². The summed E-state index contributed by atoms with van der Waals surface area (Å²) < 4.78 is 16.0. The molecule has 2 N–H and O–H groups in total. The van der Waals surface area contributed by atoms with Gasteiger partial charge in [0.1, 0.15) is 17.2 Å². The van der Waals surface area contributed by atoms with Gasteiger partial charge in [0, 0.05) is 24.3 Å². The van der Waals surface area contributed by atoms with E-state index in [0.29, 0.717) is 36.1 Å². The van der Waals surface area contributed by atoms with Crippen LogP contribution in [0.3, 0.4) is 0 Å². The Morgan fingerprint density at radius 2 is 1.66 bits per heavy atom. The van der Waals surface area contributed by atoms with Crippen LogP contribution in [0.25, 0.3) is 11.3 Å². The fourth-order valence-corrected chi connectivity index (χ4v) is 3.45. The Balaban J connectivity index is 1.46. The minimum absolute atomic E-state index is 0.418. The zero-order valence-electron chi connectivity index (χ0n) is 18.0. The van der Waals surface area contributed by atoms with Gasteiger partial charge in [0.15, 0.2) is 5.82 Å². The summed E-state index contributed by atoms with van der Waals surface area (Å²) in [7, 11) is 3.07. The molecule has 1 fully saturated rings. The Morgan fingerprint density at radius 3 is 2.31 bits per heavy atom. The van der Waals surface area contributed by atoms with Gasteiger partial charge < -0.3 is 29.7 Å². The van der Waals surface area contributed by atoms with Gasteiger partial charge in [-0.2, -0.15) is 0 Å². The number of benzene rings is 2. The van der Waals surface area contributed by atoms with Crippen molar-refractivity contribution in [1.29, 1.82) is 0 Å². The molecule has 0 saturated carbocycles. The number of amides is 2. The van der Waals surface area contributed by atoms with E-state index in [4.69, 9.17) is 14.2 Å². The molecule has 0 unspecified atom stereocenters. The van der Waals surface area contributed by atoms with Crippen LogP contribution >= 0.6 is 0 Å². The van der Waals surface area contributed by atoms with E-state index in [2.05, 4.69) is 25.7 Å². The number of carbonyl (C=O) groups excluding carboxylic acids is 1. The molecule has 32 heavy (non-hydrogen) atoms. The van der Waals surface area contributed by atoms with Gasteiger partial charge in [0.2, 0.25) is 0 Å². The Kier molecular flexibility index (Phi) is 6.66. The summed E-state index contributed by atoms with van der Waals surface area (Å²) in [6.45, 7) is 3.00. The summed E-state index contributed by atoms with van der Waals surface area (Å²) in [4.78, 5) is 14.8. The molecule has 2 heterocycles. The lowest BCUT2D eigenvalue weighted by Crippen LogP contribution is -2.36. The summed E-state index contributed by atoms with van der Waals surface area (Å²) >= 11 is 0. The molecule has 0 spiro atoms. The molecule has 0 aliphatic carbocycles. The third-order valence-electron chi connectivity index (χ3n) is 5.07. The van der Waals surface area contributed by atoms with Crippen LogP contribution in [0.1, 0.15) is 0 Å². The predicted octanol–water partition coefficient (Wildman–Crippen LogP) is 3.64. The number of methoxy groups -OCH3 is 2. The van der Waals surface area contributed by atoms with E-state index in [1.807, 2.05) is 30.3 Å². The SMILES string of the molecule is COc1cccc(OC)c1NC(=O)Nc1cccc(-c2ccc(N3CCOCC3)nn2)c1. The molecule has 1 saturated heterocycles. The Hall–Kier alpha value is -3.85. The molecule has 0 radical (unpaired) electrons. The highest BCUT2D eigenvalue weighted by Crippen LogP contribution is 2.34. The van der Waals surface area contributed by atoms with Crippen molar-refractivity contribution < 1.29 is 19.0 Å². The molecule has 9 heteroatoms. The number of urea groups is 1. The number of morpholine rings is 1. The van der Waals surface area contributed by atoms with Gasteiger partial charge in [0.05, 0.1) is 33.1 Å². The zero-order valence-corrected chi connectivity index (χ0v) is 18.0. The van der Waals surface area contributed by atoms with E-state index < -0.39 is 6.03 Å². The van der Waals surface area contributed by atoms with Crippen LogP contribution in [-0.2, 0) is 4.74 Å². The number of hydrogen-bond donors (Lipinski definition) is 2. The molecule has 4 rings (SSSR count). The van der Waals surface area contributed by atoms with Gasteiger partial charge in [-0.25, -0.2) is 4.79 Å². The van der Waals surface area contributed by atoms with Gasteiger partial charge >= 0.3 is 6.03 Å². The molecule has 0 atom stereocenters. The maximum atomic E-state index is 12.6. The van der Waals surface area contributed by atoms with E-state index in [9.17, 15) is 4.79 Å². The maximum absolute atomic E-state index is 12.6. The van der Waals surface area contributed by atoms with Crippen molar-refractivity contribution in [3.63, 3.8) is 0 Å². The normalized spacial score (nSPS) is 13.4. The second-order valence-corrected chi connectivity index (χ2v) is 7.07. The van der Waals surface area contributed by atoms with Crippen molar-refractivity contribution in [2.75, 3.05) is 56.1 Å². The summed E-state index contributed by atoms with van der Waals surface area (Å²) in [6, 6.07) is 16.2. The Morgan fingerprint density at radius 1 is 0.938 bits per heavy atom. The third kappa shape index (κ3) is 4.89.